The van der Waals surface area contributed by atoms with Crippen molar-refractivity contribution in [3.8, 4) is 0 Å². The van der Waals surface area contributed by atoms with Crippen molar-refractivity contribution >= 4 is 35.0 Å². The van der Waals surface area contributed by atoms with Gasteiger partial charge in [-0.1, -0.05) is 62.7 Å². The Morgan fingerprint density at radius 2 is 1.80 bits per heavy atom. The average molecular weight is 576 g/mol. The molecule has 1 spiro atoms. The van der Waals surface area contributed by atoms with Gasteiger partial charge in [0, 0.05) is 11.1 Å². The molecule has 2 amide bonds. The maximum atomic E-state index is 14.4. The first kappa shape index (κ1) is 27.7. The van der Waals surface area contributed by atoms with E-state index in [0.29, 0.717) is 39.5 Å². The van der Waals surface area contributed by atoms with E-state index in [-0.39, 0.29) is 29.8 Å². The van der Waals surface area contributed by atoms with E-state index in [1.165, 1.54) is 0 Å². The third-order valence-electron chi connectivity index (χ3n) is 9.06. The molecular weight excluding hydrogens is 538 g/mol. The minimum atomic E-state index is -0.590. The molecule has 6 rings (SSSR count). The van der Waals surface area contributed by atoms with Crippen molar-refractivity contribution in [1.82, 2.24) is 26.7 Å². The summed E-state index contributed by atoms with van der Waals surface area (Å²) in [5.41, 5.74) is 10.4. The summed E-state index contributed by atoms with van der Waals surface area (Å²) in [7, 11) is 0. The highest BCUT2D eigenvalue weighted by atomic mass is 35.5. The van der Waals surface area contributed by atoms with E-state index >= 15 is 0 Å². The van der Waals surface area contributed by atoms with E-state index in [9.17, 15) is 9.59 Å². The summed E-state index contributed by atoms with van der Waals surface area (Å²) < 4.78 is 0. The van der Waals surface area contributed by atoms with Crippen LogP contribution in [0.4, 0.5) is 0 Å². The summed E-state index contributed by atoms with van der Waals surface area (Å²) >= 11 is 6.61. The van der Waals surface area contributed by atoms with Crippen molar-refractivity contribution in [2.24, 2.45) is 27.3 Å². The Balaban J connectivity index is 1.31. The Hall–Kier alpha value is -3.43. The largest absolute Gasteiger partial charge is 0.345 e. The zero-order valence-electron chi connectivity index (χ0n) is 23.8. The Morgan fingerprint density at radius 3 is 2.41 bits per heavy atom. The average Bonchev–Trinajstić information content (AvgIpc) is 3.59. The van der Waals surface area contributed by atoms with Crippen LogP contribution in [0, 0.1) is 17.3 Å². The minimum absolute atomic E-state index is 0.0434. The molecule has 9 nitrogen and oxygen atoms in total. The van der Waals surface area contributed by atoms with Gasteiger partial charge in [-0.25, -0.2) is 5.53 Å². The SMILES string of the molecule is CC(C)(C)C1CCC2(CC1)N=C(c1ccccc1Cl)C(=O)N2C(c1ccc(C(=O)NCC2=NNNN2)cc1)C1CC1. The maximum Gasteiger partial charge on any atom is 0.275 e. The summed E-state index contributed by atoms with van der Waals surface area (Å²) in [5.74, 6) is 1.31. The summed E-state index contributed by atoms with van der Waals surface area (Å²) in [6.07, 6.45) is 5.84. The van der Waals surface area contributed by atoms with Crippen LogP contribution in [0.3, 0.4) is 0 Å². The van der Waals surface area contributed by atoms with E-state index in [1.807, 2.05) is 48.5 Å². The van der Waals surface area contributed by atoms with Gasteiger partial charge >= 0.3 is 0 Å². The molecule has 1 atom stereocenters. The molecule has 2 heterocycles. The number of hydrogen-bond donors (Lipinski definition) is 4. The fourth-order valence-corrected chi connectivity index (χ4v) is 6.80. The van der Waals surface area contributed by atoms with Gasteiger partial charge in [0.2, 0.25) is 0 Å². The lowest BCUT2D eigenvalue weighted by Crippen LogP contribution is -2.52. The molecule has 216 valence electrons. The number of carbonyl (C=O) groups excluding carboxylic acids is 2. The lowest BCUT2D eigenvalue weighted by molar-refractivity contribution is -0.134. The molecule has 0 aromatic heterocycles. The number of rotatable bonds is 7. The Bertz CT molecular complexity index is 1390. The molecule has 2 aromatic rings. The second-order valence-corrected chi connectivity index (χ2v) is 13.2. The van der Waals surface area contributed by atoms with Crippen LogP contribution < -0.4 is 21.8 Å². The monoisotopic (exact) mass is 575 g/mol. The number of nitrogens with one attached hydrogen (secondary N) is 4. The molecular formula is C31H38ClN7O2. The quantitative estimate of drug-likeness (QED) is 0.382. The number of amidine groups is 1. The number of hydrazine groups is 2. The van der Waals surface area contributed by atoms with Crippen LogP contribution in [0.2, 0.25) is 5.02 Å². The van der Waals surface area contributed by atoms with Gasteiger partial charge in [0.15, 0.2) is 5.84 Å². The lowest BCUT2D eigenvalue weighted by atomic mass is 9.69. The van der Waals surface area contributed by atoms with Gasteiger partial charge in [-0.3, -0.25) is 20.0 Å². The molecule has 0 saturated heterocycles. The van der Waals surface area contributed by atoms with Crippen LogP contribution in [0.1, 0.15) is 86.8 Å². The fraction of sp³-hybridized carbons (Fsp3) is 0.484. The summed E-state index contributed by atoms with van der Waals surface area (Å²) in [6, 6.07) is 15.1. The topological polar surface area (TPSA) is 110 Å². The van der Waals surface area contributed by atoms with Gasteiger partial charge in [0.1, 0.15) is 11.4 Å². The van der Waals surface area contributed by atoms with Gasteiger partial charge in [0.05, 0.1) is 17.6 Å². The third kappa shape index (κ3) is 5.45. The highest BCUT2D eigenvalue weighted by Gasteiger charge is 2.55. The number of hydrazone groups is 1. The molecule has 2 aliphatic carbocycles. The predicted octanol–water partition coefficient (Wildman–Crippen LogP) is 4.71. The van der Waals surface area contributed by atoms with Crippen LogP contribution >= 0.6 is 11.6 Å². The summed E-state index contributed by atoms with van der Waals surface area (Å²) in [5, 5.41) is 7.40. The fourth-order valence-electron chi connectivity index (χ4n) is 6.57. The van der Waals surface area contributed by atoms with Crippen LogP contribution in [-0.4, -0.2) is 40.5 Å². The first-order chi connectivity index (χ1) is 19.7. The lowest BCUT2D eigenvalue weighted by Gasteiger charge is -2.47. The molecule has 41 heavy (non-hydrogen) atoms. The molecule has 2 saturated carbocycles. The van der Waals surface area contributed by atoms with E-state index < -0.39 is 5.66 Å². The number of halogens is 1. The van der Waals surface area contributed by atoms with Crippen molar-refractivity contribution in [2.75, 3.05) is 6.54 Å². The smallest absolute Gasteiger partial charge is 0.275 e. The summed E-state index contributed by atoms with van der Waals surface area (Å²) in [4.78, 5) is 34.5. The molecule has 2 fully saturated rings. The Labute approximate surface area is 246 Å². The van der Waals surface area contributed by atoms with Crippen molar-refractivity contribution in [3.63, 3.8) is 0 Å². The number of amides is 2. The van der Waals surface area contributed by atoms with E-state index in [0.717, 1.165) is 44.1 Å². The van der Waals surface area contributed by atoms with Crippen LogP contribution in [0.25, 0.3) is 0 Å². The number of benzene rings is 2. The highest BCUT2D eigenvalue weighted by Crippen LogP contribution is 2.54. The van der Waals surface area contributed by atoms with Crippen LogP contribution in [0.5, 0.6) is 0 Å². The maximum absolute atomic E-state index is 14.4. The van der Waals surface area contributed by atoms with Gasteiger partial charge < -0.3 is 10.2 Å². The van der Waals surface area contributed by atoms with Gasteiger partial charge in [-0.05, 0) is 79.5 Å². The number of carbonyl (C=O) groups is 2. The molecule has 0 radical (unpaired) electrons. The van der Waals surface area contributed by atoms with E-state index in [1.54, 1.807) is 0 Å². The normalized spacial score (nSPS) is 24.9. The Kier molecular flexibility index (Phi) is 7.28. The highest BCUT2D eigenvalue weighted by molar-refractivity contribution is 6.50. The number of hydrogen-bond acceptors (Lipinski definition) is 7. The minimum Gasteiger partial charge on any atom is -0.345 e. The standard InChI is InChI=1S/C31H38ClN7O2/c1-30(2,3)22-14-16-31(17-15-22)34-26(23-6-4-5-7-24(23)32)29(41)39(31)27(19-8-9-19)20-10-12-21(13-11-20)28(40)33-18-25-35-37-38-36-25/h4-7,10-13,19,22,27,37-38H,8-9,14-18H2,1-3H3,(H,33,40)(H,35,36). The zero-order valence-corrected chi connectivity index (χ0v) is 24.6. The molecule has 4 aliphatic rings. The molecule has 1 unspecified atom stereocenters. The number of aliphatic imine (C=N–C) groups is 1. The third-order valence-corrected chi connectivity index (χ3v) is 9.39. The van der Waals surface area contributed by atoms with Crippen molar-refractivity contribution in [2.45, 2.75) is 71.0 Å². The van der Waals surface area contributed by atoms with Crippen LogP contribution in [0.15, 0.2) is 58.6 Å². The van der Waals surface area contributed by atoms with Crippen molar-refractivity contribution in [3.05, 3.63) is 70.2 Å². The second kappa shape index (κ2) is 10.8. The molecule has 4 N–H and O–H groups in total. The van der Waals surface area contributed by atoms with E-state index in [2.05, 4.69) is 52.6 Å². The molecule has 0 bridgehead atoms. The predicted molar refractivity (Wildman–Crippen MR) is 160 cm³/mol. The first-order valence-corrected chi connectivity index (χ1v) is 14.9. The zero-order chi connectivity index (χ0) is 28.8. The molecule has 2 aliphatic heterocycles. The summed E-state index contributed by atoms with van der Waals surface area (Å²) in [6.45, 7) is 7.19. The van der Waals surface area contributed by atoms with Gasteiger partial charge in [0.25, 0.3) is 11.8 Å². The molecule has 10 heteroatoms. The molecule has 2 aromatic carbocycles. The van der Waals surface area contributed by atoms with Crippen molar-refractivity contribution < 1.29 is 9.59 Å². The Morgan fingerprint density at radius 1 is 1.10 bits per heavy atom. The van der Waals surface area contributed by atoms with E-state index in [4.69, 9.17) is 16.6 Å². The first-order valence-electron chi connectivity index (χ1n) is 14.6. The van der Waals surface area contributed by atoms with Gasteiger partial charge in [-0.2, -0.15) is 0 Å². The van der Waals surface area contributed by atoms with Gasteiger partial charge in [-0.15, -0.1) is 10.6 Å². The second-order valence-electron chi connectivity index (χ2n) is 12.7. The number of nitrogens with zero attached hydrogens (tertiary/aromatic N) is 3. The van der Waals surface area contributed by atoms with Crippen LogP contribution in [-0.2, 0) is 4.79 Å². The van der Waals surface area contributed by atoms with Crippen molar-refractivity contribution in [1.29, 1.82) is 0 Å².